The van der Waals surface area contributed by atoms with Crippen LogP contribution in [0.2, 0.25) is 0 Å². The van der Waals surface area contributed by atoms with Gasteiger partial charge in [0.25, 0.3) is 0 Å². The molecule has 2 aliphatic rings. The number of anilines is 1. The van der Waals surface area contributed by atoms with Gasteiger partial charge in [0.05, 0.1) is 12.1 Å². The topological polar surface area (TPSA) is 36.4 Å². The Morgan fingerprint density at radius 1 is 1.28 bits per heavy atom. The smallest absolute Gasteiger partial charge is 0.322 e. The summed E-state index contributed by atoms with van der Waals surface area (Å²) in [6.45, 7) is 0. The van der Waals surface area contributed by atoms with Gasteiger partial charge in [0, 0.05) is 16.8 Å². The molecule has 1 aliphatic carbocycles. The minimum absolute atomic E-state index is 0.0978. The Hall–Kier alpha value is -0.850. The quantitative estimate of drug-likeness (QED) is 0.725. The third-order valence-corrected chi connectivity index (χ3v) is 4.63. The van der Waals surface area contributed by atoms with Crippen molar-refractivity contribution in [2.75, 3.05) is 11.9 Å². The zero-order chi connectivity index (χ0) is 12.7. The fourth-order valence-electron chi connectivity index (χ4n) is 3.08. The average molecular weight is 357 g/mol. The van der Waals surface area contributed by atoms with E-state index in [0.717, 1.165) is 22.2 Å². The van der Waals surface area contributed by atoms with Gasteiger partial charge >= 0.3 is 6.03 Å². The summed E-state index contributed by atoms with van der Waals surface area (Å²) in [6.07, 6.45) is 6.47. The minimum Gasteiger partial charge on any atom is -0.322 e. The van der Waals surface area contributed by atoms with Crippen LogP contribution in [0.5, 0.6) is 0 Å². The van der Waals surface area contributed by atoms with E-state index in [2.05, 4.69) is 27.6 Å². The van der Waals surface area contributed by atoms with Gasteiger partial charge in [0.15, 0.2) is 0 Å². The summed E-state index contributed by atoms with van der Waals surface area (Å²) in [4.78, 5) is 20.6. The molecular formula is C13H16IN3O. The zero-order valence-electron chi connectivity index (χ0n) is 10.3. The fourth-order valence-corrected chi connectivity index (χ4v) is 3.40. The van der Waals surface area contributed by atoms with E-state index in [0.29, 0.717) is 12.1 Å². The maximum absolute atomic E-state index is 12.4. The Balaban J connectivity index is 1.95. The van der Waals surface area contributed by atoms with Crippen LogP contribution in [0.25, 0.3) is 0 Å². The molecular weight excluding hydrogens is 341 g/mol. The number of fused-ring (bicyclic) bond motifs is 1. The molecule has 0 bridgehead atoms. The second-order valence-electron chi connectivity index (χ2n) is 5.02. The first-order chi connectivity index (χ1) is 8.68. The molecule has 5 heteroatoms. The van der Waals surface area contributed by atoms with E-state index in [1.54, 1.807) is 0 Å². The first-order valence-electron chi connectivity index (χ1n) is 6.36. The highest BCUT2D eigenvalue weighted by Crippen LogP contribution is 2.35. The van der Waals surface area contributed by atoms with Crippen LogP contribution < -0.4 is 4.90 Å². The second kappa shape index (κ2) is 4.68. The number of carbonyl (C=O) groups excluding carboxylic acids is 1. The number of amides is 2. The number of nitrogens with zero attached hydrogens (tertiary/aromatic N) is 3. The molecule has 18 heavy (non-hydrogen) atoms. The lowest BCUT2D eigenvalue weighted by atomic mass is 9.90. The molecule has 0 aromatic carbocycles. The Morgan fingerprint density at radius 2 is 2.00 bits per heavy atom. The van der Waals surface area contributed by atoms with Gasteiger partial charge < -0.3 is 4.90 Å². The number of pyridine rings is 1. The number of halogens is 1. The van der Waals surface area contributed by atoms with Gasteiger partial charge in [-0.05, 0) is 47.6 Å². The predicted octanol–water partition coefficient (Wildman–Crippen LogP) is 2.87. The normalized spacial score (nSPS) is 27.6. The summed E-state index contributed by atoms with van der Waals surface area (Å²) in [6, 6.07) is 4.73. The van der Waals surface area contributed by atoms with E-state index in [1.807, 2.05) is 35.2 Å². The number of hydrogen-bond donors (Lipinski definition) is 0. The van der Waals surface area contributed by atoms with E-state index >= 15 is 0 Å². The molecule has 1 saturated carbocycles. The highest BCUT2D eigenvalue weighted by atomic mass is 127. The summed E-state index contributed by atoms with van der Waals surface area (Å²) in [7, 11) is 1.91. The second-order valence-corrected chi connectivity index (χ2v) is 6.26. The van der Waals surface area contributed by atoms with Crippen molar-refractivity contribution in [3.8, 4) is 0 Å². The molecule has 0 spiro atoms. The third kappa shape index (κ3) is 1.88. The van der Waals surface area contributed by atoms with E-state index < -0.39 is 0 Å². The molecule has 2 atom stereocenters. The van der Waals surface area contributed by atoms with Crippen LogP contribution >= 0.6 is 22.6 Å². The molecule has 2 heterocycles. The monoisotopic (exact) mass is 357 g/mol. The minimum atomic E-state index is 0.0978. The first kappa shape index (κ1) is 12.2. The number of aromatic nitrogens is 1. The number of rotatable bonds is 1. The van der Waals surface area contributed by atoms with Crippen LogP contribution in [0.15, 0.2) is 18.3 Å². The summed E-state index contributed by atoms with van der Waals surface area (Å²) >= 11 is 2.23. The van der Waals surface area contributed by atoms with Crippen LogP contribution in [0, 0.1) is 3.57 Å². The van der Waals surface area contributed by atoms with E-state index in [-0.39, 0.29) is 6.03 Å². The van der Waals surface area contributed by atoms with Crippen molar-refractivity contribution >= 4 is 34.4 Å². The highest BCUT2D eigenvalue weighted by Gasteiger charge is 2.45. The van der Waals surface area contributed by atoms with Crippen LogP contribution in [-0.2, 0) is 0 Å². The predicted molar refractivity (Wildman–Crippen MR) is 78.6 cm³/mol. The maximum atomic E-state index is 12.4. The Morgan fingerprint density at radius 3 is 2.67 bits per heavy atom. The van der Waals surface area contributed by atoms with Crippen molar-refractivity contribution < 1.29 is 4.79 Å². The Kier molecular flexibility index (Phi) is 3.17. The molecule has 1 aromatic heterocycles. The van der Waals surface area contributed by atoms with Crippen LogP contribution in [0.4, 0.5) is 10.6 Å². The van der Waals surface area contributed by atoms with Gasteiger partial charge in [-0.25, -0.2) is 9.78 Å². The van der Waals surface area contributed by atoms with Gasteiger partial charge in [-0.1, -0.05) is 12.8 Å². The third-order valence-electron chi connectivity index (χ3n) is 3.99. The lowest BCUT2D eigenvalue weighted by Crippen LogP contribution is -2.39. The van der Waals surface area contributed by atoms with Crippen LogP contribution in [-0.4, -0.2) is 35.0 Å². The molecule has 0 radical (unpaired) electrons. The fraction of sp³-hybridized carbons (Fsp3) is 0.538. The lowest BCUT2D eigenvalue weighted by molar-refractivity contribution is 0.208. The maximum Gasteiger partial charge on any atom is 0.326 e. The largest absolute Gasteiger partial charge is 0.326 e. The molecule has 1 aliphatic heterocycles. The summed E-state index contributed by atoms with van der Waals surface area (Å²) < 4.78 is 1.09. The van der Waals surface area contributed by atoms with Crippen molar-refractivity contribution in [3.05, 3.63) is 21.9 Å². The van der Waals surface area contributed by atoms with E-state index in [9.17, 15) is 4.79 Å². The first-order valence-corrected chi connectivity index (χ1v) is 7.44. The van der Waals surface area contributed by atoms with Crippen molar-refractivity contribution in [2.24, 2.45) is 0 Å². The summed E-state index contributed by atoms with van der Waals surface area (Å²) in [5.41, 5.74) is 0. The van der Waals surface area contributed by atoms with Gasteiger partial charge in [-0.3, -0.25) is 4.90 Å². The zero-order valence-corrected chi connectivity index (χ0v) is 12.5. The summed E-state index contributed by atoms with van der Waals surface area (Å²) in [5, 5.41) is 0. The van der Waals surface area contributed by atoms with Gasteiger partial charge in [-0.2, -0.15) is 0 Å². The molecule has 2 unspecified atom stereocenters. The molecule has 96 valence electrons. The summed E-state index contributed by atoms with van der Waals surface area (Å²) in [5.74, 6) is 0.793. The van der Waals surface area contributed by atoms with E-state index in [1.165, 1.54) is 12.8 Å². The highest BCUT2D eigenvalue weighted by molar-refractivity contribution is 14.1. The van der Waals surface area contributed by atoms with Gasteiger partial charge in [0.1, 0.15) is 5.82 Å². The molecule has 1 saturated heterocycles. The molecule has 3 rings (SSSR count). The standard InChI is InChI=1S/C13H16IN3O/c1-16-10-4-2-3-5-11(10)17(13(16)18)12-7-6-9(14)8-15-12/h6-8,10-11H,2-5H2,1H3. The molecule has 1 aromatic rings. The Bertz CT molecular complexity index is 462. The number of carbonyl (C=O) groups is 1. The number of urea groups is 1. The van der Waals surface area contributed by atoms with Crippen molar-refractivity contribution in [2.45, 2.75) is 37.8 Å². The molecule has 0 N–H and O–H groups in total. The Labute approximate surface area is 121 Å². The number of hydrogen-bond acceptors (Lipinski definition) is 2. The van der Waals surface area contributed by atoms with Crippen molar-refractivity contribution in [1.29, 1.82) is 0 Å². The van der Waals surface area contributed by atoms with Crippen LogP contribution in [0.1, 0.15) is 25.7 Å². The molecule has 2 amide bonds. The molecule has 2 fully saturated rings. The van der Waals surface area contributed by atoms with Gasteiger partial charge in [-0.15, -0.1) is 0 Å². The van der Waals surface area contributed by atoms with Crippen molar-refractivity contribution in [3.63, 3.8) is 0 Å². The lowest BCUT2D eigenvalue weighted by Gasteiger charge is -2.30. The average Bonchev–Trinajstić information content (AvgIpc) is 2.64. The van der Waals surface area contributed by atoms with Crippen LogP contribution in [0.3, 0.4) is 0 Å². The van der Waals surface area contributed by atoms with Gasteiger partial charge in [0.2, 0.25) is 0 Å². The van der Waals surface area contributed by atoms with E-state index in [4.69, 9.17) is 0 Å². The SMILES string of the molecule is CN1C(=O)N(c2ccc(I)cn2)C2CCCCC21. The molecule has 4 nitrogen and oxygen atoms in total. The number of likely N-dealkylation sites (N-methyl/N-ethyl adjacent to an activating group) is 1. The van der Waals surface area contributed by atoms with Crippen molar-refractivity contribution in [1.82, 2.24) is 9.88 Å².